The summed E-state index contributed by atoms with van der Waals surface area (Å²) in [7, 11) is 2.96. The average molecular weight is 344 g/mol. The summed E-state index contributed by atoms with van der Waals surface area (Å²) < 4.78 is 15.6. The maximum absolute atomic E-state index is 12.1. The summed E-state index contributed by atoms with van der Waals surface area (Å²) in [5.74, 6) is 0.124. The van der Waals surface area contributed by atoms with E-state index in [1.54, 1.807) is 55.6 Å². The second kappa shape index (κ2) is 9.29. The molecule has 0 spiro atoms. The van der Waals surface area contributed by atoms with Crippen LogP contribution in [0.15, 0.2) is 54.6 Å². The summed E-state index contributed by atoms with van der Waals surface area (Å²) in [6.07, 6.45) is -0.819. The standard InChI is InChI=1S/C18H20N2O5/c1-23-14-9-6-10-15(11-14)25-12-16(21)19-20-18(22)17(24-2)13-7-4-3-5-8-13/h3-11,17H,12H2,1-2H3,(H,19,21)(H,20,22). The van der Waals surface area contributed by atoms with Crippen molar-refractivity contribution in [2.24, 2.45) is 0 Å². The van der Waals surface area contributed by atoms with Crippen LogP contribution in [0.5, 0.6) is 11.5 Å². The molecule has 7 nitrogen and oxygen atoms in total. The Morgan fingerprint density at radius 1 is 0.960 bits per heavy atom. The van der Waals surface area contributed by atoms with Crippen LogP contribution in [0, 0.1) is 0 Å². The lowest BCUT2D eigenvalue weighted by atomic mass is 10.1. The molecule has 0 aliphatic carbocycles. The van der Waals surface area contributed by atoms with E-state index in [0.29, 0.717) is 17.1 Å². The summed E-state index contributed by atoms with van der Waals surface area (Å²) in [4.78, 5) is 23.9. The molecule has 0 heterocycles. The number of benzene rings is 2. The molecular weight excluding hydrogens is 324 g/mol. The first-order chi connectivity index (χ1) is 12.1. The second-order valence-corrected chi connectivity index (χ2v) is 5.03. The molecule has 0 saturated carbocycles. The number of hydrogen-bond acceptors (Lipinski definition) is 5. The lowest BCUT2D eigenvalue weighted by molar-refractivity contribution is -0.136. The van der Waals surface area contributed by atoms with Crippen molar-refractivity contribution in [1.82, 2.24) is 10.9 Å². The first kappa shape index (κ1) is 18.3. The van der Waals surface area contributed by atoms with Gasteiger partial charge in [-0.15, -0.1) is 0 Å². The number of hydrogen-bond donors (Lipinski definition) is 2. The Hall–Kier alpha value is -3.06. The molecule has 2 aromatic carbocycles. The fraction of sp³-hybridized carbons (Fsp3) is 0.222. The third kappa shape index (κ3) is 5.50. The molecule has 25 heavy (non-hydrogen) atoms. The van der Waals surface area contributed by atoms with Gasteiger partial charge in [0.15, 0.2) is 12.7 Å². The van der Waals surface area contributed by atoms with E-state index in [2.05, 4.69) is 10.9 Å². The van der Waals surface area contributed by atoms with Crippen LogP contribution < -0.4 is 20.3 Å². The van der Waals surface area contributed by atoms with Gasteiger partial charge in [-0.05, 0) is 17.7 Å². The maximum Gasteiger partial charge on any atom is 0.276 e. The van der Waals surface area contributed by atoms with Crippen molar-refractivity contribution < 1.29 is 23.8 Å². The van der Waals surface area contributed by atoms with Gasteiger partial charge in [0.05, 0.1) is 7.11 Å². The number of amides is 2. The van der Waals surface area contributed by atoms with Crippen molar-refractivity contribution in [3.8, 4) is 11.5 Å². The van der Waals surface area contributed by atoms with Gasteiger partial charge in [-0.2, -0.15) is 0 Å². The Balaban J connectivity index is 1.81. The molecular formula is C18H20N2O5. The van der Waals surface area contributed by atoms with Crippen LogP contribution in [0.2, 0.25) is 0 Å². The molecule has 0 aliphatic rings. The van der Waals surface area contributed by atoms with Crippen LogP contribution in [-0.2, 0) is 14.3 Å². The molecule has 0 bridgehead atoms. The maximum atomic E-state index is 12.1. The first-order valence-electron chi connectivity index (χ1n) is 7.57. The summed E-state index contributed by atoms with van der Waals surface area (Å²) in [6.45, 7) is -0.254. The van der Waals surface area contributed by atoms with Crippen molar-refractivity contribution in [2.45, 2.75) is 6.10 Å². The molecule has 2 amide bonds. The number of ether oxygens (including phenoxy) is 3. The van der Waals surface area contributed by atoms with Crippen molar-refractivity contribution in [2.75, 3.05) is 20.8 Å². The van der Waals surface area contributed by atoms with E-state index < -0.39 is 17.9 Å². The van der Waals surface area contributed by atoms with E-state index in [4.69, 9.17) is 14.2 Å². The van der Waals surface area contributed by atoms with E-state index in [-0.39, 0.29) is 6.61 Å². The molecule has 0 aromatic heterocycles. The molecule has 2 rings (SSSR count). The topological polar surface area (TPSA) is 85.9 Å². The molecule has 0 radical (unpaired) electrons. The van der Waals surface area contributed by atoms with Crippen LogP contribution in [0.1, 0.15) is 11.7 Å². The summed E-state index contributed by atoms with van der Waals surface area (Å²) in [6, 6.07) is 15.8. The van der Waals surface area contributed by atoms with Gasteiger partial charge in [-0.25, -0.2) is 0 Å². The van der Waals surface area contributed by atoms with Gasteiger partial charge in [0.1, 0.15) is 11.5 Å². The number of hydrazine groups is 1. The Kier molecular flexibility index (Phi) is 6.79. The van der Waals surface area contributed by atoms with Gasteiger partial charge in [0, 0.05) is 13.2 Å². The van der Waals surface area contributed by atoms with Gasteiger partial charge < -0.3 is 14.2 Å². The van der Waals surface area contributed by atoms with E-state index in [1.807, 2.05) is 6.07 Å². The molecule has 0 fully saturated rings. The average Bonchev–Trinajstić information content (AvgIpc) is 2.66. The van der Waals surface area contributed by atoms with Crippen molar-refractivity contribution in [1.29, 1.82) is 0 Å². The second-order valence-electron chi connectivity index (χ2n) is 5.03. The Morgan fingerprint density at radius 3 is 2.36 bits per heavy atom. The highest BCUT2D eigenvalue weighted by Crippen LogP contribution is 2.18. The third-order valence-electron chi connectivity index (χ3n) is 3.31. The lowest BCUT2D eigenvalue weighted by Gasteiger charge is -2.16. The predicted molar refractivity (Wildman–Crippen MR) is 91.0 cm³/mol. The van der Waals surface area contributed by atoms with E-state index in [9.17, 15) is 9.59 Å². The molecule has 1 unspecified atom stereocenters. The van der Waals surface area contributed by atoms with Gasteiger partial charge in [0.2, 0.25) is 0 Å². The van der Waals surface area contributed by atoms with Crippen LogP contribution in [0.3, 0.4) is 0 Å². The van der Waals surface area contributed by atoms with Crippen molar-refractivity contribution in [3.05, 3.63) is 60.2 Å². The van der Waals surface area contributed by atoms with Crippen LogP contribution in [0.25, 0.3) is 0 Å². The number of carbonyl (C=O) groups is 2. The smallest absolute Gasteiger partial charge is 0.276 e. The van der Waals surface area contributed by atoms with Gasteiger partial charge >= 0.3 is 0 Å². The third-order valence-corrected chi connectivity index (χ3v) is 3.31. The largest absolute Gasteiger partial charge is 0.497 e. The zero-order valence-electron chi connectivity index (χ0n) is 14.0. The minimum atomic E-state index is -0.819. The van der Waals surface area contributed by atoms with Crippen molar-refractivity contribution >= 4 is 11.8 Å². The fourth-order valence-corrected chi connectivity index (χ4v) is 2.10. The Morgan fingerprint density at radius 2 is 1.68 bits per heavy atom. The number of nitrogens with one attached hydrogen (secondary N) is 2. The van der Waals surface area contributed by atoms with Crippen LogP contribution >= 0.6 is 0 Å². The zero-order chi connectivity index (χ0) is 18.1. The normalized spacial score (nSPS) is 11.3. The zero-order valence-corrected chi connectivity index (χ0v) is 14.0. The Labute approximate surface area is 145 Å². The number of carbonyl (C=O) groups excluding carboxylic acids is 2. The van der Waals surface area contributed by atoms with Crippen LogP contribution in [0.4, 0.5) is 0 Å². The lowest BCUT2D eigenvalue weighted by Crippen LogP contribution is -2.46. The summed E-state index contributed by atoms with van der Waals surface area (Å²) in [5, 5.41) is 0. The molecule has 0 aliphatic heterocycles. The number of rotatable bonds is 7. The SMILES string of the molecule is COc1cccc(OCC(=O)NNC(=O)C(OC)c2ccccc2)c1. The summed E-state index contributed by atoms with van der Waals surface area (Å²) >= 11 is 0. The molecule has 132 valence electrons. The highest BCUT2D eigenvalue weighted by Gasteiger charge is 2.20. The molecule has 7 heteroatoms. The van der Waals surface area contributed by atoms with Gasteiger partial charge in [-0.1, -0.05) is 36.4 Å². The van der Waals surface area contributed by atoms with Gasteiger partial charge in [0.25, 0.3) is 11.8 Å². The molecule has 2 N–H and O–H groups in total. The molecule has 2 aromatic rings. The fourth-order valence-electron chi connectivity index (χ4n) is 2.10. The molecule has 1 atom stereocenters. The Bertz CT molecular complexity index is 706. The van der Waals surface area contributed by atoms with Crippen LogP contribution in [-0.4, -0.2) is 32.6 Å². The molecule has 0 saturated heterocycles. The van der Waals surface area contributed by atoms with Gasteiger partial charge in [-0.3, -0.25) is 20.4 Å². The van der Waals surface area contributed by atoms with E-state index in [1.165, 1.54) is 7.11 Å². The van der Waals surface area contributed by atoms with E-state index >= 15 is 0 Å². The highest BCUT2D eigenvalue weighted by molar-refractivity contribution is 5.86. The minimum absolute atomic E-state index is 0.254. The number of methoxy groups -OCH3 is 2. The predicted octanol–water partition coefficient (Wildman–Crippen LogP) is 1.61. The quantitative estimate of drug-likeness (QED) is 0.745. The first-order valence-corrected chi connectivity index (χ1v) is 7.57. The summed E-state index contributed by atoms with van der Waals surface area (Å²) in [5.41, 5.74) is 5.30. The highest BCUT2D eigenvalue weighted by atomic mass is 16.5. The van der Waals surface area contributed by atoms with Crippen molar-refractivity contribution in [3.63, 3.8) is 0 Å². The minimum Gasteiger partial charge on any atom is -0.497 e. The monoisotopic (exact) mass is 344 g/mol. The van der Waals surface area contributed by atoms with E-state index in [0.717, 1.165) is 0 Å².